The van der Waals surface area contributed by atoms with Gasteiger partial charge >= 0.3 is 184 Å². The molecule has 0 atom stereocenters. The molecule has 0 aliphatic carbocycles. The van der Waals surface area contributed by atoms with Gasteiger partial charge in [0.2, 0.25) is 0 Å². The summed E-state index contributed by atoms with van der Waals surface area (Å²) in [7, 11) is -3.82. The molecule has 0 aromatic heterocycles. The zero-order chi connectivity index (χ0) is 21.1. The van der Waals surface area contributed by atoms with E-state index in [2.05, 4.69) is 86.7 Å². The Balaban J connectivity index is 2.02. The molecular weight excluding hydrogens is 501 g/mol. The minimum absolute atomic E-state index is 0.110. The molecule has 4 aromatic rings. The van der Waals surface area contributed by atoms with E-state index in [-0.39, 0.29) is 10.6 Å². The molecule has 0 amide bonds. The number of non-ortho nitro benzene ring substituents is 1. The van der Waals surface area contributed by atoms with Crippen LogP contribution >= 0.6 is 13.9 Å². The van der Waals surface area contributed by atoms with Crippen LogP contribution in [0.2, 0.25) is 0 Å². The molecule has 4 rings (SSSR count). The van der Waals surface area contributed by atoms with Gasteiger partial charge in [-0.2, -0.15) is 0 Å². The number of rotatable bonds is 6. The van der Waals surface area contributed by atoms with Crippen LogP contribution in [-0.4, -0.2) is 15.5 Å². The minimum atomic E-state index is -3.82. The molecule has 5 heteroatoms. The molecule has 0 aliphatic rings. The normalized spacial score (nSPS) is 12.6. The van der Waals surface area contributed by atoms with Gasteiger partial charge in [-0.25, -0.2) is 0 Å². The molecule has 0 radical (unpaired) electrons. The summed E-state index contributed by atoms with van der Waals surface area (Å²) in [6.07, 6.45) is 0. The molecule has 0 bridgehead atoms. The first-order chi connectivity index (χ1) is 14.5. The number of hydrogen-bond donors (Lipinski definition) is 0. The van der Waals surface area contributed by atoms with Crippen molar-refractivity contribution in [2.45, 2.75) is 5.21 Å². The van der Waals surface area contributed by atoms with Crippen molar-refractivity contribution in [1.82, 2.24) is 0 Å². The molecule has 0 aliphatic heterocycles. The quantitative estimate of drug-likeness (QED) is 0.210. The molecule has 30 heavy (non-hydrogen) atoms. The molecule has 0 N–H and O–H groups in total. The number of halogens is 1. The van der Waals surface area contributed by atoms with Gasteiger partial charge in [-0.1, -0.05) is 0 Å². The number of nitro benzene ring substituents is 1. The molecule has 0 spiro atoms. The van der Waals surface area contributed by atoms with Crippen molar-refractivity contribution in [3.63, 3.8) is 0 Å². The van der Waals surface area contributed by atoms with Gasteiger partial charge in [0.15, 0.2) is 0 Å². The second kappa shape index (κ2) is 8.21. The topological polar surface area (TPSA) is 43.1 Å². The number of benzene rings is 4. The summed E-state index contributed by atoms with van der Waals surface area (Å²) >= 11 is 4.45. The van der Waals surface area contributed by atoms with E-state index in [1.807, 2.05) is 30.3 Å². The third kappa shape index (κ3) is 3.51. The van der Waals surface area contributed by atoms with E-state index in [4.69, 9.17) is 0 Å². The maximum absolute atomic E-state index is 11.1. The fourth-order valence-electron chi connectivity index (χ4n) is 4.00. The predicted molar refractivity (Wildman–Crippen MR) is 130 cm³/mol. The van der Waals surface area contributed by atoms with Gasteiger partial charge in [-0.05, 0) is 0 Å². The summed E-state index contributed by atoms with van der Waals surface area (Å²) in [6.45, 7) is 0. The van der Waals surface area contributed by atoms with Crippen molar-refractivity contribution in [1.29, 1.82) is 0 Å². The first kappa shape index (κ1) is 20.6. The molecule has 0 saturated heterocycles. The zero-order valence-corrected chi connectivity index (χ0v) is 19.7. The van der Waals surface area contributed by atoms with E-state index in [9.17, 15) is 10.1 Å². The Morgan fingerprint density at radius 3 is 1.33 bits per heavy atom. The van der Waals surface area contributed by atoms with Gasteiger partial charge in [0, 0.05) is 0 Å². The first-order valence-electron chi connectivity index (χ1n) is 9.65. The Bertz CT molecular complexity index is 1050. The Morgan fingerprint density at radius 1 is 0.633 bits per heavy atom. The van der Waals surface area contributed by atoms with Crippen LogP contribution in [0, 0.1) is 10.1 Å². The van der Waals surface area contributed by atoms with Crippen LogP contribution in [0.3, 0.4) is 0 Å². The third-order valence-electron chi connectivity index (χ3n) is 5.51. The van der Waals surface area contributed by atoms with E-state index in [1.165, 1.54) is 13.1 Å². The molecule has 3 nitrogen and oxygen atoms in total. The predicted octanol–water partition coefficient (Wildman–Crippen LogP) is 4.69. The molecule has 0 unspecified atom stereocenters. The van der Waals surface area contributed by atoms with Gasteiger partial charge in [0.05, 0.1) is 0 Å². The summed E-state index contributed by atoms with van der Waals surface area (Å²) in [5, 5.41) is 11.9. The van der Waals surface area contributed by atoms with Crippen molar-refractivity contribution in [2.75, 3.05) is 0 Å². The Kier molecular flexibility index (Phi) is 5.64. The first-order valence-corrected chi connectivity index (χ1v) is 18.2. The second-order valence-electron chi connectivity index (χ2n) is 7.27. The van der Waals surface area contributed by atoms with Gasteiger partial charge in [0.1, 0.15) is 0 Å². The summed E-state index contributed by atoms with van der Waals surface area (Å²) < 4.78 is 3.81. The van der Waals surface area contributed by atoms with Gasteiger partial charge in [0.25, 0.3) is 0 Å². The van der Waals surface area contributed by atoms with E-state index >= 15 is 0 Å². The molecule has 0 heterocycles. The fourth-order valence-corrected chi connectivity index (χ4v) is 19.1. The van der Waals surface area contributed by atoms with Crippen LogP contribution in [0.1, 0.15) is 5.56 Å². The van der Waals surface area contributed by atoms with Crippen molar-refractivity contribution >= 4 is 43.3 Å². The molecule has 0 saturated carbocycles. The average Bonchev–Trinajstić information content (AvgIpc) is 2.81. The van der Waals surface area contributed by atoms with E-state index in [1.54, 1.807) is 12.1 Å². The van der Waals surface area contributed by atoms with E-state index in [0.29, 0.717) is 0 Å². The summed E-state index contributed by atoms with van der Waals surface area (Å²) in [6, 6.07) is 38.8. The second-order valence-corrected chi connectivity index (χ2v) is 24.3. The summed E-state index contributed by atoms with van der Waals surface area (Å²) in [4.78, 5) is 10.8. The van der Waals surface area contributed by atoms with E-state index < -0.39 is 10.6 Å². The Hall–Kier alpha value is -2.68. The molecule has 0 fully saturated rings. The molecular formula is C25H21AsBrNO2. The third-order valence-corrected chi connectivity index (χ3v) is 23.9. The van der Waals surface area contributed by atoms with Gasteiger partial charge in [-0.3, -0.25) is 0 Å². The maximum atomic E-state index is 11.1. The van der Waals surface area contributed by atoms with Crippen LogP contribution in [0.4, 0.5) is 5.69 Å². The number of hydrogen-bond acceptors (Lipinski definition) is 2. The average molecular weight is 522 g/mol. The molecule has 150 valence electrons. The SMILES string of the molecule is O=[N+]([O-])c1ccc(C[As](Br)(c2ccccc2)(c2ccccc2)c2ccccc2)cc1. The molecule has 4 aromatic carbocycles. The summed E-state index contributed by atoms with van der Waals surface area (Å²) in [5.74, 6) is 0. The number of nitrogens with zero attached hydrogens (tertiary/aromatic N) is 1. The van der Waals surface area contributed by atoms with Crippen LogP contribution < -0.4 is 13.1 Å². The monoisotopic (exact) mass is 521 g/mol. The van der Waals surface area contributed by atoms with Crippen molar-refractivity contribution in [3.8, 4) is 0 Å². The van der Waals surface area contributed by atoms with Gasteiger partial charge < -0.3 is 0 Å². The van der Waals surface area contributed by atoms with Gasteiger partial charge in [-0.15, -0.1) is 0 Å². The van der Waals surface area contributed by atoms with Crippen molar-refractivity contribution in [2.24, 2.45) is 0 Å². The van der Waals surface area contributed by atoms with Crippen LogP contribution in [0.15, 0.2) is 115 Å². The Labute approximate surface area is 183 Å². The number of nitro groups is 1. The summed E-state index contributed by atoms with van der Waals surface area (Å²) in [5.41, 5.74) is 1.18. The van der Waals surface area contributed by atoms with Crippen molar-refractivity contribution < 1.29 is 4.92 Å². The Morgan fingerprint density at radius 2 is 1.00 bits per heavy atom. The zero-order valence-electron chi connectivity index (χ0n) is 16.3. The van der Waals surface area contributed by atoms with E-state index in [0.717, 1.165) is 10.8 Å². The van der Waals surface area contributed by atoms with Crippen LogP contribution in [0.25, 0.3) is 0 Å². The van der Waals surface area contributed by atoms with Crippen LogP contribution in [-0.2, 0) is 5.21 Å². The standard InChI is InChI=1S/C25H21AsBrNO2/c27-26(22-10-4-1-5-11-22,23-12-6-2-7-13-23,24-14-8-3-9-15-24)20-21-16-18-25(19-17-21)28(29)30/h1-19H,20H2. The van der Waals surface area contributed by atoms with Crippen LogP contribution in [0.5, 0.6) is 0 Å². The van der Waals surface area contributed by atoms with Crippen molar-refractivity contribution in [3.05, 3.63) is 131 Å². The fraction of sp³-hybridized carbons (Fsp3) is 0.0400.